The Kier molecular flexibility index (Phi) is 2.95. The maximum atomic E-state index is 6.71. The quantitative estimate of drug-likeness (QED) is 0.640. The van der Waals surface area contributed by atoms with E-state index in [1.807, 2.05) is 12.1 Å². The van der Waals surface area contributed by atoms with Gasteiger partial charge in [0, 0.05) is 0 Å². The Morgan fingerprint density at radius 1 is 1.58 bits per heavy atom. The van der Waals surface area contributed by atoms with Gasteiger partial charge < -0.3 is 9.58 Å². The molecule has 0 amide bonds. The summed E-state index contributed by atoms with van der Waals surface area (Å²) in [6.07, 6.45) is 0. The number of methoxy groups -OCH3 is 1. The molecule has 0 unspecified atom stereocenters. The first-order valence-electron chi connectivity index (χ1n) is 3.44. The molecule has 0 bridgehead atoms. The summed E-state index contributed by atoms with van der Waals surface area (Å²) in [4.78, 5) is 3.27. The molecule has 62 valence electrons. The van der Waals surface area contributed by atoms with Crippen molar-refractivity contribution in [2.45, 2.75) is 6.54 Å². The SMILES string of the molecule is [C-]#[N+]Cc1cccc(Cl)c1OC. The molecular weight excluding hydrogens is 174 g/mol. The van der Waals surface area contributed by atoms with E-state index < -0.39 is 0 Å². The Morgan fingerprint density at radius 3 is 2.92 bits per heavy atom. The summed E-state index contributed by atoms with van der Waals surface area (Å²) < 4.78 is 5.05. The smallest absolute Gasteiger partial charge is 0.243 e. The molecule has 1 rings (SSSR count). The molecule has 0 fully saturated rings. The van der Waals surface area contributed by atoms with Gasteiger partial charge in [0.05, 0.1) is 17.7 Å². The lowest BCUT2D eigenvalue weighted by atomic mass is 10.2. The molecule has 0 heterocycles. The molecule has 0 saturated heterocycles. The molecule has 1 aromatic rings. The van der Waals surface area contributed by atoms with Crippen LogP contribution in [0.5, 0.6) is 5.75 Å². The number of hydrogen-bond acceptors (Lipinski definition) is 1. The monoisotopic (exact) mass is 181 g/mol. The van der Waals surface area contributed by atoms with Crippen molar-refractivity contribution in [3.05, 3.63) is 40.2 Å². The highest BCUT2D eigenvalue weighted by atomic mass is 35.5. The summed E-state index contributed by atoms with van der Waals surface area (Å²) in [5.41, 5.74) is 0.833. The van der Waals surface area contributed by atoms with Crippen molar-refractivity contribution in [1.82, 2.24) is 0 Å². The van der Waals surface area contributed by atoms with E-state index in [9.17, 15) is 0 Å². The highest BCUT2D eigenvalue weighted by Gasteiger charge is 2.07. The topological polar surface area (TPSA) is 13.6 Å². The number of ether oxygens (including phenoxy) is 1. The molecule has 0 aliphatic heterocycles. The molecule has 0 spiro atoms. The zero-order chi connectivity index (χ0) is 8.97. The van der Waals surface area contributed by atoms with E-state index in [2.05, 4.69) is 4.85 Å². The maximum absolute atomic E-state index is 6.71. The van der Waals surface area contributed by atoms with Crippen molar-refractivity contribution in [3.8, 4) is 5.75 Å². The fourth-order valence-corrected chi connectivity index (χ4v) is 1.26. The molecule has 1 aromatic carbocycles. The predicted octanol–water partition coefficient (Wildman–Crippen LogP) is 2.77. The highest BCUT2D eigenvalue weighted by molar-refractivity contribution is 6.32. The van der Waals surface area contributed by atoms with Gasteiger partial charge in [-0.15, -0.1) is 0 Å². The second kappa shape index (κ2) is 3.99. The van der Waals surface area contributed by atoms with Gasteiger partial charge in [-0.25, -0.2) is 6.57 Å². The molecule has 12 heavy (non-hydrogen) atoms. The average molecular weight is 182 g/mol. The molecular formula is C9H8ClNO. The summed E-state index contributed by atoms with van der Waals surface area (Å²) in [7, 11) is 1.55. The summed E-state index contributed by atoms with van der Waals surface area (Å²) in [6, 6.07) is 5.39. The first kappa shape index (κ1) is 8.89. The van der Waals surface area contributed by atoms with Crippen molar-refractivity contribution < 1.29 is 4.74 Å². The predicted molar refractivity (Wildman–Crippen MR) is 48.3 cm³/mol. The van der Waals surface area contributed by atoms with E-state index in [4.69, 9.17) is 22.9 Å². The lowest BCUT2D eigenvalue weighted by Crippen LogP contribution is -1.90. The van der Waals surface area contributed by atoms with Crippen LogP contribution in [-0.4, -0.2) is 7.11 Å². The molecule has 0 N–H and O–H groups in total. The standard InChI is InChI=1S/C9H8ClNO/c1-11-6-7-4-3-5-8(10)9(7)12-2/h3-5H,6H2,2H3. The minimum absolute atomic E-state index is 0.309. The van der Waals surface area contributed by atoms with Crippen LogP contribution in [0.2, 0.25) is 5.02 Å². The first-order valence-corrected chi connectivity index (χ1v) is 3.82. The summed E-state index contributed by atoms with van der Waals surface area (Å²) >= 11 is 5.84. The summed E-state index contributed by atoms with van der Waals surface area (Å²) in [5.74, 6) is 0.607. The third-order valence-electron chi connectivity index (χ3n) is 1.50. The highest BCUT2D eigenvalue weighted by Crippen LogP contribution is 2.28. The van der Waals surface area contributed by atoms with E-state index in [1.165, 1.54) is 0 Å². The largest absolute Gasteiger partial charge is 0.495 e. The van der Waals surface area contributed by atoms with E-state index in [-0.39, 0.29) is 0 Å². The van der Waals surface area contributed by atoms with E-state index in [1.54, 1.807) is 13.2 Å². The minimum atomic E-state index is 0.309. The van der Waals surface area contributed by atoms with Gasteiger partial charge in [-0.3, -0.25) is 0 Å². The molecule has 0 aliphatic carbocycles. The average Bonchev–Trinajstić information content (AvgIpc) is 2.05. The van der Waals surface area contributed by atoms with Gasteiger partial charge in [0.25, 0.3) is 0 Å². The lowest BCUT2D eigenvalue weighted by Gasteiger charge is -2.04. The Hall–Kier alpha value is -1.20. The van der Waals surface area contributed by atoms with Crippen LogP contribution in [0.25, 0.3) is 4.85 Å². The molecule has 0 atom stereocenters. The number of nitrogens with zero attached hydrogens (tertiary/aromatic N) is 1. The fourth-order valence-electron chi connectivity index (χ4n) is 0.992. The van der Waals surface area contributed by atoms with E-state index in [0.717, 1.165) is 5.56 Å². The van der Waals surface area contributed by atoms with Gasteiger partial charge in [-0.05, 0) is 12.1 Å². The van der Waals surface area contributed by atoms with Crippen molar-refractivity contribution in [1.29, 1.82) is 0 Å². The molecule has 0 aliphatic rings. The molecule has 3 heteroatoms. The van der Waals surface area contributed by atoms with E-state index in [0.29, 0.717) is 17.3 Å². The Bertz CT molecular complexity index is 317. The van der Waals surface area contributed by atoms with Crippen molar-refractivity contribution in [2.75, 3.05) is 7.11 Å². The summed E-state index contributed by atoms with van der Waals surface area (Å²) in [6.45, 7) is 7.02. The molecule has 0 saturated carbocycles. The van der Waals surface area contributed by atoms with Crippen LogP contribution in [-0.2, 0) is 6.54 Å². The van der Waals surface area contributed by atoms with Crippen molar-refractivity contribution >= 4 is 11.6 Å². The molecule has 2 nitrogen and oxygen atoms in total. The minimum Gasteiger partial charge on any atom is -0.495 e. The second-order valence-corrected chi connectivity index (χ2v) is 2.66. The van der Waals surface area contributed by atoms with Crippen molar-refractivity contribution in [3.63, 3.8) is 0 Å². The van der Waals surface area contributed by atoms with Crippen LogP contribution in [0.15, 0.2) is 18.2 Å². The van der Waals surface area contributed by atoms with Gasteiger partial charge >= 0.3 is 0 Å². The number of hydrogen-bond donors (Lipinski definition) is 0. The first-order chi connectivity index (χ1) is 5.79. The van der Waals surface area contributed by atoms with Crippen LogP contribution in [0.4, 0.5) is 0 Å². The lowest BCUT2D eigenvalue weighted by molar-refractivity contribution is 0.411. The van der Waals surface area contributed by atoms with Crippen LogP contribution < -0.4 is 4.74 Å². The van der Waals surface area contributed by atoms with Gasteiger partial charge in [-0.2, -0.15) is 0 Å². The van der Waals surface area contributed by atoms with E-state index >= 15 is 0 Å². The van der Waals surface area contributed by atoms with Crippen LogP contribution in [0.3, 0.4) is 0 Å². The fraction of sp³-hybridized carbons (Fsp3) is 0.222. The number of benzene rings is 1. The Labute approximate surface area is 76.5 Å². The molecule has 0 radical (unpaired) electrons. The van der Waals surface area contributed by atoms with Gasteiger partial charge in [0.1, 0.15) is 5.75 Å². The van der Waals surface area contributed by atoms with Crippen LogP contribution >= 0.6 is 11.6 Å². The molecule has 0 aromatic heterocycles. The number of halogens is 1. The van der Waals surface area contributed by atoms with Gasteiger partial charge in [-0.1, -0.05) is 17.7 Å². The normalized spacial score (nSPS) is 9.08. The van der Waals surface area contributed by atoms with Crippen molar-refractivity contribution in [2.24, 2.45) is 0 Å². The van der Waals surface area contributed by atoms with Crippen LogP contribution in [0, 0.1) is 6.57 Å². The zero-order valence-electron chi connectivity index (χ0n) is 6.67. The Balaban J connectivity index is 3.11. The number of para-hydroxylation sites is 1. The maximum Gasteiger partial charge on any atom is 0.243 e. The van der Waals surface area contributed by atoms with Crippen LogP contribution in [0.1, 0.15) is 5.56 Å². The van der Waals surface area contributed by atoms with Gasteiger partial charge in [0.2, 0.25) is 6.54 Å². The Morgan fingerprint density at radius 2 is 2.33 bits per heavy atom. The third kappa shape index (κ3) is 1.69. The third-order valence-corrected chi connectivity index (χ3v) is 1.80. The zero-order valence-corrected chi connectivity index (χ0v) is 7.43. The van der Waals surface area contributed by atoms with Gasteiger partial charge in [0.15, 0.2) is 0 Å². The number of rotatable bonds is 2. The second-order valence-electron chi connectivity index (χ2n) is 2.25. The summed E-state index contributed by atoms with van der Waals surface area (Å²) in [5, 5.41) is 0.554.